The van der Waals surface area contributed by atoms with Crippen LogP contribution in [0.1, 0.15) is 23.7 Å². The first-order valence-electron chi connectivity index (χ1n) is 8.26. The van der Waals surface area contributed by atoms with Crippen molar-refractivity contribution in [2.24, 2.45) is 0 Å². The minimum absolute atomic E-state index is 0.523. The van der Waals surface area contributed by atoms with Gasteiger partial charge in [0.2, 0.25) is 0 Å². The van der Waals surface area contributed by atoms with E-state index in [1.807, 2.05) is 55.5 Å². The lowest BCUT2D eigenvalue weighted by molar-refractivity contribution is -0.135. The van der Waals surface area contributed by atoms with E-state index in [0.717, 1.165) is 33.3 Å². The molecule has 0 radical (unpaired) electrons. The molecule has 0 bridgehead atoms. The SMILES string of the molecule is C=C(c1cccc(OC(C)C(=O)NO)c1)c1cc(C)nc2ccccc12. The maximum absolute atomic E-state index is 11.4. The van der Waals surface area contributed by atoms with E-state index in [1.165, 1.54) is 0 Å². The van der Waals surface area contributed by atoms with E-state index < -0.39 is 12.0 Å². The van der Waals surface area contributed by atoms with Crippen molar-refractivity contribution < 1.29 is 14.7 Å². The van der Waals surface area contributed by atoms with Gasteiger partial charge in [-0.05, 0) is 54.8 Å². The van der Waals surface area contributed by atoms with E-state index in [0.29, 0.717) is 5.75 Å². The van der Waals surface area contributed by atoms with Gasteiger partial charge in [0.15, 0.2) is 6.10 Å². The molecule has 2 aromatic carbocycles. The van der Waals surface area contributed by atoms with E-state index >= 15 is 0 Å². The molecule has 2 N–H and O–H groups in total. The molecule has 0 fully saturated rings. The quantitative estimate of drug-likeness (QED) is 0.542. The zero-order valence-corrected chi connectivity index (χ0v) is 14.7. The average Bonchev–Trinajstić information content (AvgIpc) is 2.66. The number of hydrogen-bond acceptors (Lipinski definition) is 4. The maximum Gasteiger partial charge on any atom is 0.284 e. The Morgan fingerprint density at radius 1 is 1.19 bits per heavy atom. The van der Waals surface area contributed by atoms with Crippen LogP contribution in [0.5, 0.6) is 5.75 Å². The molecule has 3 rings (SSSR count). The largest absolute Gasteiger partial charge is 0.481 e. The maximum atomic E-state index is 11.4. The number of benzene rings is 2. The summed E-state index contributed by atoms with van der Waals surface area (Å²) in [6, 6.07) is 17.3. The highest BCUT2D eigenvalue weighted by atomic mass is 16.5. The molecule has 0 aliphatic heterocycles. The van der Waals surface area contributed by atoms with Crippen LogP contribution in [0.2, 0.25) is 0 Å². The second kappa shape index (κ2) is 7.37. The van der Waals surface area contributed by atoms with Crippen molar-refractivity contribution in [3.05, 3.63) is 78.0 Å². The van der Waals surface area contributed by atoms with Crippen LogP contribution in [-0.4, -0.2) is 22.2 Å². The van der Waals surface area contributed by atoms with Gasteiger partial charge in [-0.1, -0.05) is 36.9 Å². The molecule has 0 aliphatic carbocycles. The number of carbonyl (C=O) groups is 1. The molecule has 5 nitrogen and oxygen atoms in total. The summed E-state index contributed by atoms with van der Waals surface area (Å²) >= 11 is 0. The number of amides is 1. The zero-order chi connectivity index (χ0) is 18.7. The summed E-state index contributed by atoms with van der Waals surface area (Å²) < 4.78 is 5.58. The average molecular weight is 348 g/mol. The van der Waals surface area contributed by atoms with Crippen molar-refractivity contribution in [3.63, 3.8) is 0 Å². The van der Waals surface area contributed by atoms with Gasteiger partial charge in [0, 0.05) is 11.1 Å². The van der Waals surface area contributed by atoms with E-state index in [9.17, 15) is 4.79 Å². The van der Waals surface area contributed by atoms with Crippen molar-refractivity contribution in [1.29, 1.82) is 0 Å². The highest BCUT2D eigenvalue weighted by molar-refractivity contribution is 5.95. The Bertz CT molecular complexity index is 982. The van der Waals surface area contributed by atoms with E-state index in [2.05, 4.69) is 11.6 Å². The predicted molar refractivity (Wildman–Crippen MR) is 101 cm³/mol. The lowest BCUT2D eigenvalue weighted by atomic mass is 9.95. The van der Waals surface area contributed by atoms with Crippen molar-refractivity contribution in [3.8, 4) is 5.75 Å². The number of aryl methyl sites for hydroxylation is 1. The molecule has 26 heavy (non-hydrogen) atoms. The van der Waals surface area contributed by atoms with Crippen LogP contribution in [0, 0.1) is 6.92 Å². The third kappa shape index (κ3) is 3.58. The molecule has 1 atom stereocenters. The number of hydrogen-bond donors (Lipinski definition) is 2. The Balaban J connectivity index is 1.96. The van der Waals surface area contributed by atoms with Gasteiger partial charge >= 0.3 is 0 Å². The second-order valence-corrected chi connectivity index (χ2v) is 6.07. The summed E-state index contributed by atoms with van der Waals surface area (Å²) in [5.41, 5.74) is 6.16. The smallest absolute Gasteiger partial charge is 0.284 e. The summed E-state index contributed by atoms with van der Waals surface area (Å²) in [5.74, 6) is -0.0835. The number of hydroxylamine groups is 1. The topological polar surface area (TPSA) is 71.5 Å². The summed E-state index contributed by atoms with van der Waals surface area (Å²) in [5, 5.41) is 9.73. The van der Waals surface area contributed by atoms with Crippen LogP contribution in [-0.2, 0) is 4.79 Å². The number of carbonyl (C=O) groups excluding carboxylic acids is 1. The number of nitrogens with zero attached hydrogens (tertiary/aromatic N) is 1. The zero-order valence-electron chi connectivity index (χ0n) is 14.7. The third-order valence-electron chi connectivity index (χ3n) is 4.14. The lowest BCUT2D eigenvalue weighted by Gasteiger charge is -2.15. The van der Waals surface area contributed by atoms with Gasteiger partial charge in [-0.25, -0.2) is 5.48 Å². The highest BCUT2D eigenvalue weighted by Gasteiger charge is 2.15. The lowest BCUT2D eigenvalue weighted by Crippen LogP contribution is -2.34. The minimum atomic E-state index is -0.812. The van der Waals surface area contributed by atoms with Gasteiger partial charge in [-0.15, -0.1) is 0 Å². The van der Waals surface area contributed by atoms with Crippen molar-refractivity contribution in [1.82, 2.24) is 10.5 Å². The highest BCUT2D eigenvalue weighted by Crippen LogP contribution is 2.30. The second-order valence-electron chi connectivity index (χ2n) is 6.07. The number of para-hydroxylation sites is 1. The normalized spacial score (nSPS) is 11.8. The van der Waals surface area contributed by atoms with Crippen molar-refractivity contribution >= 4 is 22.4 Å². The molecule has 1 amide bonds. The first-order chi connectivity index (χ1) is 12.5. The van der Waals surface area contributed by atoms with Gasteiger partial charge in [-0.3, -0.25) is 15.0 Å². The monoisotopic (exact) mass is 348 g/mol. The van der Waals surface area contributed by atoms with Crippen LogP contribution in [0.25, 0.3) is 16.5 Å². The van der Waals surface area contributed by atoms with E-state index in [1.54, 1.807) is 18.5 Å². The Hall–Kier alpha value is -3.18. The van der Waals surface area contributed by atoms with E-state index in [4.69, 9.17) is 9.94 Å². The Morgan fingerprint density at radius 3 is 2.73 bits per heavy atom. The fraction of sp³-hybridized carbons (Fsp3) is 0.143. The Kier molecular flexibility index (Phi) is 5.00. The number of nitrogens with one attached hydrogen (secondary N) is 1. The standard InChI is InChI=1S/C21H20N2O3/c1-13-11-19(18-9-4-5-10-20(18)22-13)14(2)16-7-6-8-17(12-16)26-15(3)21(24)23-25/h4-12,15,25H,2H2,1,3H3,(H,23,24). The van der Waals surface area contributed by atoms with Gasteiger partial charge in [0.1, 0.15) is 5.75 Å². The first kappa shape index (κ1) is 17.6. The van der Waals surface area contributed by atoms with Gasteiger partial charge < -0.3 is 4.74 Å². The number of pyridine rings is 1. The van der Waals surface area contributed by atoms with Crippen LogP contribution < -0.4 is 10.2 Å². The molecular formula is C21H20N2O3. The number of aromatic nitrogens is 1. The predicted octanol–water partition coefficient (Wildman–Crippen LogP) is 3.88. The molecule has 0 aliphatic rings. The Morgan fingerprint density at radius 2 is 1.96 bits per heavy atom. The van der Waals surface area contributed by atoms with Crippen LogP contribution >= 0.6 is 0 Å². The summed E-state index contributed by atoms with van der Waals surface area (Å²) in [6.07, 6.45) is -0.812. The summed E-state index contributed by atoms with van der Waals surface area (Å²) in [7, 11) is 0. The molecule has 0 saturated heterocycles. The molecule has 3 aromatic rings. The molecule has 1 unspecified atom stereocenters. The van der Waals surface area contributed by atoms with Crippen molar-refractivity contribution in [2.75, 3.05) is 0 Å². The number of ether oxygens (including phenoxy) is 1. The fourth-order valence-electron chi connectivity index (χ4n) is 2.82. The third-order valence-corrected chi connectivity index (χ3v) is 4.14. The van der Waals surface area contributed by atoms with Crippen molar-refractivity contribution in [2.45, 2.75) is 20.0 Å². The van der Waals surface area contributed by atoms with E-state index in [-0.39, 0.29) is 0 Å². The summed E-state index contributed by atoms with van der Waals surface area (Å²) in [4.78, 5) is 16.0. The summed E-state index contributed by atoms with van der Waals surface area (Å²) in [6.45, 7) is 7.77. The molecule has 1 heterocycles. The molecular weight excluding hydrogens is 328 g/mol. The minimum Gasteiger partial charge on any atom is -0.481 e. The fourth-order valence-corrected chi connectivity index (χ4v) is 2.82. The van der Waals surface area contributed by atoms with Crippen LogP contribution in [0.3, 0.4) is 0 Å². The molecule has 132 valence electrons. The van der Waals surface area contributed by atoms with Crippen LogP contribution in [0.4, 0.5) is 0 Å². The molecule has 0 saturated carbocycles. The molecule has 1 aromatic heterocycles. The first-order valence-corrected chi connectivity index (χ1v) is 8.26. The number of rotatable bonds is 5. The number of fused-ring (bicyclic) bond motifs is 1. The van der Waals surface area contributed by atoms with Gasteiger partial charge in [0.05, 0.1) is 5.52 Å². The molecule has 5 heteroatoms. The van der Waals surface area contributed by atoms with Gasteiger partial charge in [-0.2, -0.15) is 0 Å². The van der Waals surface area contributed by atoms with Crippen LogP contribution in [0.15, 0.2) is 61.2 Å². The van der Waals surface area contributed by atoms with Gasteiger partial charge in [0.25, 0.3) is 5.91 Å². The molecule has 0 spiro atoms. The Labute approximate surface area is 151 Å².